The van der Waals surface area contributed by atoms with E-state index in [1.54, 1.807) is 23.7 Å². The number of hydrogen-bond donors (Lipinski definition) is 0. The summed E-state index contributed by atoms with van der Waals surface area (Å²) in [5, 5.41) is 0. The molecule has 11 heavy (non-hydrogen) atoms. The summed E-state index contributed by atoms with van der Waals surface area (Å²) in [4.78, 5) is 12.8. The van der Waals surface area contributed by atoms with Crippen molar-refractivity contribution in [3.8, 4) is 0 Å². The molecule has 0 N–H and O–H groups in total. The minimum atomic E-state index is 0.181. The van der Waals surface area contributed by atoms with Crippen LogP contribution in [0.15, 0.2) is 0 Å². The molecular weight excluding hydrogens is 182 g/mol. The van der Waals surface area contributed by atoms with Crippen LogP contribution in [-0.2, 0) is 4.79 Å². The van der Waals surface area contributed by atoms with E-state index in [9.17, 15) is 4.79 Å². The third-order valence-electron chi connectivity index (χ3n) is 1.37. The van der Waals surface area contributed by atoms with Gasteiger partial charge in [0.1, 0.15) is 0 Å². The summed E-state index contributed by atoms with van der Waals surface area (Å²) in [5.41, 5.74) is 0. The van der Waals surface area contributed by atoms with Gasteiger partial charge in [0, 0.05) is 31.6 Å². The molecule has 0 aliphatic carbocycles. The maximum absolute atomic E-state index is 11.1. The highest BCUT2D eigenvalue weighted by Gasteiger charge is 2.05. The zero-order valence-corrected chi connectivity index (χ0v) is 8.54. The standard InChI is InChI=1S/C7H14ClNOS/c1-9(5-4-8)7(10)3-6-11-2/h3-6H2,1-2H3. The zero-order chi connectivity index (χ0) is 8.69. The smallest absolute Gasteiger partial charge is 0.223 e. The largest absolute Gasteiger partial charge is 0.345 e. The van der Waals surface area contributed by atoms with Crippen LogP contribution in [0.4, 0.5) is 0 Å². The quantitative estimate of drug-likeness (QED) is 0.619. The molecule has 0 aliphatic rings. The third kappa shape index (κ3) is 5.39. The molecule has 0 aromatic carbocycles. The second kappa shape index (κ2) is 6.80. The van der Waals surface area contributed by atoms with Gasteiger partial charge < -0.3 is 4.90 Å². The maximum Gasteiger partial charge on any atom is 0.223 e. The second-order valence-electron chi connectivity index (χ2n) is 2.25. The highest BCUT2D eigenvalue weighted by atomic mass is 35.5. The summed E-state index contributed by atoms with van der Waals surface area (Å²) in [6, 6.07) is 0. The van der Waals surface area contributed by atoms with Gasteiger partial charge in [-0.2, -0.15) is 11.8 Å². The van der Waals surface area contributed by atoms with Crippen molar-refractivity contribution in [2.45, 2.75) is 6.42 Å². The molecule has 0 saturated carbocycles. The average molecular weight is 196 g/mol. The molecule has 66 valence electrons. The molecule has 0 heterocycles. The molecule has 0 rings (SSSR count). The average Bonchev–Trinajstić information content (AvgIpc) is 2.00. The van der Waals surface area contributed by atoms with Gasteiger partial charge in [0.05, 0.1) is 0 Å². The van der Waals surface area contributed by atoms with Gasteiger partial charge in [-0.25, -0.2) is 0 Å². The SMILES string of the molecule is CSCCC(=O)N(C)CCCl. The molecule has 4 heteroatoms. The lowest BCUT2D eigenvalue weighted by Crippen LogP contribution is -2.28. The second-order valence-corrected chi connectivity index (χ2v) is 3.61. The molecule has 0 spiro atoms. The van der Waals surface area contributed by atoms with Gasteiger partial charge in [-0.15, -0.1) is 11.6 Å². The van der Waals surface area contributed by atoms with Crippen molar-refractivity contribution in [2.75, 3.05) is 31.5 Å². The Morgan fingerprint density at radius 2 is 2.27 bits per heavy atom. The van der Waals surface area contributed by atoms with Crippen molar-refractivity contribution in [2.24, 2.45) is 0 Å². The summed E-state index contributed by atoms with van der Waals surface area (Å²) < 4.78 is 0. The minimum absolute atomic E-state index is 0.181. The molecule has 0 aliphatic heterocycles. The van der Waals surface area contributed by atoms with Crippen LogP contribution in [0.25, 0.3) is 0 Å². The summed E-state index contributed by atoms with van der Waals surface area (Å²) >= 11 is 7.16. The topological polar surface area (TPSA) is 20.3 Å². The van der Waals surface area contributed by atoms with Gasteiger partial charge in [-0.3, -0.25) is 4.79 Å². The first-order valence-electron chi connectivity index (χ1n) is 3.51. The Kier molecular flexibility index (Phi) is 6.87. The molecule has 0 fully saturated rings. The third-order valence-corrected chi connectivity index (χ3v) is 2.15. The van der Waals surface area contributed by atoms with E-state index in [-0.39, 0.29) is 5.91 Å². The first-order chi connectivity index (χ1) is 5.22. The molecule has 0 saturated heterocycles. The Bertz CT molecular complexity index is 121. The van der Waals surface area contributed by atoms with Crippen molar-refractivity contribution in [1.29, 1.82) is 0 Å². The molecule has 0 aromatic heterocycles. The molecular formula is C7H14ClNOS. The monoisotopic (exact) mass is 195 g/mol. The molecule has 2 nitrogen and oxygen atoms in total. The molecule has 0 aromatic rings. The van der Waals surface area contributed by atoms with Crippen LogP contribution < -0.4 is 0 Å². The van der Waals surface area contributed by atoms with E-state index in [0.717, 1.165) is 5.75 Å². The molecule has 0 unspecified atom stereocenters. The fourth-order valence-corrected chi connectivity index (χ4v) is 1.26. The Morgan fingerprint density at radius 3 is 2.73 bits per heavy atom. The summed E-state index contributed by atoms with van der Waals surface area (Å²) in [6.07, 6.45) is 2.61. The lowest BCUT2D eigenvalue weighted by Gasteiger charge is -2.14. The van der Waals surface area contributed by atoms with Gasteiger partial charge in [0.15, 0.2) is 0 Å². The number of halogens is 1. The van der Waals surface area contributed by atoms with Crippen LogP contribution in [0, 0.1) is 0 Å². The summed E-state index contributed by atoms with van der Waals surface area (Å²) in [5.74, 6) is 1.59. The summed E-state index contributed by atoms with van der Waals surface area (Å²) in [6.45, 7) is 0.648. The fourth-order valence-electron chi connectivity index (χ4n) is 0.632. The van der Waals surface area contributed by atoms with Crippen LogP contribution in [0.2, 0.25) is 0 Å². The Hall–Kier alpha value is 0.110. The lowest BCUT2D eigenvalue weighted by atomic mass is 10.4. The molecule has 0 atom stereocenters. The number of hydrogen-bond acceptors (Lipinski definition) is 2. The van der Waals surface area contributed by atoms with E-state index in [4.69, 9.17) is 11.6 Å². The number of amides is 1. The van der Waals surface area contributed by atoms with Crippen LogP contribution in [0.1, 0.15) is 6.42 Å². The Morgan fingerprint density at radius 1 is 1.64 bits per heavy atom. The maximum atomic E-state index is 11.1. The molecule has 1 amide bonds. The van der Waals surface area contributed by atoms with Crippen molar-refractivity contribution < 1.29 is 4.79 Å². The van der Waals surface area contributed by atoms with Crippen LogP contribution in [0.5, 0.6) is 0 Å². The predicted octanol–water partition coefficient (Wildman–Crippen LogP) is 1.44. The van der Waals surface area contributed by atoms with Crippen molar-refractivity contribution in [1.82, 2.24) is 4.90 Å². The van der Waals surface area contributed by atoms with E-state index in [1.165, 1.54) is 0 Å². The fraction of sp³-hybridized carbons (Fsp3) is 0.857. The first-order valence-corrected chi connectivity index (χ1v) is 5.44. The van der Waals surface area contributed by atoms with Gasteiger partial charge in [0.2, 0.25) is 5.91 Å². The zero-order valence-electron chi connectivity index (χ0n) is 6.97. The van der Waals surface area contributed by atoms with Gasteiger partial charge in [0.25, 0.3) is 0 Å². The van der Waals surface area contributed by atoms with Crippen LogP contribution >= 0.6 is 23.4 Å². The predicted molar refractivity (Wildman–Crippen MR) is 51.4 cm³/mol. The number of nitrogens with zero attached hydrogens (tertiary/aromatic N) is 1. The Balaban J connectivity index is 3.47. The normalized spacial score (nSPS) is 9.73. The number of alkyl halides is 1. The molecule has 0 bridgehead atoms. The van der Waals surface area contributed by atoms with Gasteiger partial charge in [-0.05, 0) is 6.26 Å². The van der Waals surface area contributed by atoms with E-state index < -0.39 is 0 Å². The number of carbonyl (C=O) groups excluding carboxylic acids is 1. The van der Waals surface area contributed by atoms with Crippen molar-refractivity contribution in [3.05, 3.63) is 0 Å². The Labute approximate surface area is 77.3 Å². The first kappa shape index (κ1) is 11.1. The van der Waals surface area contributed by atoms with Crippen LogP contribution in [-0.4, -0.2) is 42.3 Å². The number of thioether (sulfide) groups is 1. The highest BCUT2D eigenvalue weighted by molar-refractivity contribution is 7.98. The van der Waals surface area contributed by atoms with E-state index in [1.807, 2.05) is 6.26 Å². The minimum Gasteiger partial charge on any atom is -0.345 e. The molecule has 0 radical (unpaired) electrons. The van der Waals surface area contributed by atoms with E-state index in [0.29, 0.717) is 18.8 Å². The number of carbonyl (C=O) groups is 1. The van der Waals surface area contributed by atoms with Crippen LogP contribution in [0.3, 0.4) is 0 Å². The van der Waals surface area contributed by atoms with E-state index >= 15 is 0 Å². The van der Waals surface area contributed by atoms with E-state index in [2.05, 4.69) is 0 Å². The van der Waals surface area contributed by atoms with Gasteiger partial charge >= 0.3 is 0 Å². The lowest BCUT2D eigenvalue weighted by molar-refractivity contribution is -0.129. The highest BCUT2D eigenvalue weighted by Crippen LogP contribution is 1.98. The van der Waals surface area contributed by atoms with Crippen molar-refractivity contribution in [3.63, 3.8) is 0 Å². The van der Waals surface area contributed by atoms with Gasteiger partial charge in [-0.1, -0.05) is 0 Å². The number of rotatable bonds is 5. The summed E-state index contributed by atoms with van der Waals surface area (Å²) in [7, 11) is 1.78. The van der Waals surface area contributed by atoms with Crippen molar-refractivity contribution >= 4 is 29.3 Å².